The Morgan fingerprint density at radius 3 is 2.68 bits per heavy atom. The third-order valence-corrected chi connectivity index (χ3v) is 4.71. The average Bonchev–Trinajstić information content (AvgIpc) is 2.56. The fraction of sp³-hybridized carbons (Fsp3) is 0.786. The monoisotopic (exact) mass is 285 g/mol. The Labute approximate surface area is 120 Å². The molecule has 1 saturated heterocycles. The van der Waals surface area contributed by atoms with E-state index in [9.17, 15) is 5.11 Å². The molecule has 0 radical (unpaired) electrons. The van der Waals surface area contributed by atoms with E-state index >= 15 is 0 Å². The first-order chi connectivity index (χ1) is 8.95. The zero-order valence-corrected chi connectivity index (χ0v) is 12.9. The van der Waals surface area contributed by atoms with Crippen molar-refractivity contribution in [1.82, 2.24) is 14.7 Å². The van der Waals surface area contributed by atoms with E-state index in [0.717, 1.165) is 50.2 Å². The maximum Gasteiger partial charge on any atom is 0.130 e. The molecule has 5 heteroatoms. The predicted octanol–water partition coefficient (Wildman–Crippen LogP) is 2.16. The van der Waals surface area contributed by atoms with Crippen LogP contribution in [0.15, 0.2) is 0 Å². The normalized spacial score (nSPS) is 25.5. The highest BCUT2D eigenvalue weighted by atomic mass is 35.5. The Balaban J connectivity index is 2.12. The molecule has 1 N–H and O–H groups in total. The van der Waals surface area contributed by atoms with E-state index in [0.29, 0.717) is 11.6 Å². The van der Waals surface area contributed by atoms with Gasteiger partial charge < -0.3 is 10.0 Å². The summed E-state index contributed by atoms with van der Waals surface area (Å²) < 4.78 is 1.69. The molecule has 0 aliphatic carbocycles. The van der Waals surface area contributed by atoms with Crippen molar-refractivity contribution in [1.29, 1.82) is 0 Å². The molecule has 2 rings (SSSR count). The number of hydrogen-bond acceptors (Lipinski definition) is 3. The molecule has 1 fully saturated rings. The fourth-order valence-electron chi connectivity index (χ4n) is 2.93. The second-order valence-electron chi connectivity index (χ2n) is 5.67. The zero-order chi connectivity index (χ0) is 14.0. The number of likely N-dealkylation sites (tertiary alicyclic amines) is 1. The summed E-state index contributed by atoms with van der Waals surface area (Å²) in [6.45, 7) is 7.23. The molecule has 0 aromatic carbocycles. The molecule has 4 nitrogen and oxygen atoms in total. The summed E-state index contributed by atoms with van der Waals surface area (Å²) in [6, 6.07) is 0. The quantitative estimate of drug-likeness (QED) is 0.925. The molecule has 0 bridgehead atoms. The summed E-state index contributed by atoms with van der Waals surface area (Å²) >= 11 is 6.27. The standard InChI is InChI=1S/C14H24ClN3O/c1-4-18-8-5-6-14(19,7-9-18)10-12-11(2)16-17(3)13(12)15/h19H,4-10H2,1-3H3. The van der Waals surface area contributed by atoms with Crippen LogP contribution in [0.4, 0.5) is 0 Å². The van der Waals surface area contributed by atoms with Crippen LogP contribution in [0.5, 0.6) is 0 Å². The van der Waals surface area contributed by atoms with Crippen molar-refractivity contribution >= 4 is 11.6 Å². The summed E-state index contributed by atoms with van der Waals surface area (Å²) in [5.74, 6) is 0. The van der Waals surface area contributed by atoms with Gasteiger partial charge in [-0.1, -0.05) is 18.5 Å². The minimum Gasteiger partial charge on any atom is -0.389 e. The van der Waals surface area contributed by atoms with Crippen molar-refractivity contribution in [2.75, 3.05) is 19.6 Å². The third kappa shape index (κ3) is 3.30. The van der Waals surface area contributed by atoms with E-state index in [1.54, 1.807) is 4.68 Å². The number of aromatic nitrogens is 2. The first kappa shape index (κ1) is 14.8. The number of nitrogens with zero attached hydrogens (tertiary/aromatic N) is 3. The topological polar surface area (TPSA) is 41.3 Å². The molecule has 1 aromatic rings. The summed E-state index contributed by atoms with van der Waals surface area (Å²) in [5.41, 5.74) is 1.29. The first-order valence-corrected chi connectivity index (χ1v) is 7.45. The van der Waals surface area contributed by atoms with Crippen molar-refractivity contribution in [3.8, 4) is 0 Å². The highest BCUT2D eigenvalue weighted by Gasteiger charge is 2.32. The van der Waals surface area contributed by atoms with Gasteiger partial charge in [0.2, 0.25) is 0 Å². The van der Waals surface area contributed by atoms with Crippen LogP contribution >= 0.6 is 11.6 Å². The Morgan fingerprint density at radius 1 is 1.37 bits per heavy atom. The highest BCUT2D eigenvalue weighted by Crippen LogP contribution is 2.30. The molecule has 1 atom stereocenters. The number of aliphatic hydroxyl groups is 1. The van der Waals surface area contributed by atoms with Gasteiger partial charge in [-0.25, -0.2) is 0 Å². The minimum absolute atomic E-state index is 0.614. The van der Waals surface area contributed by atoms with Crippen molar-refractivity contribution in [2.24, 2.45) is 7.05 Å². The van der Waals surface area contributed by atoms with Crippen molar-refractivity contribution in [3.05, 3.63) is 16.4 Å². The second-order valence-corrected chi connectivity index (χ2v) is 6.03. The molecule has 1 aliphatic heterocycles. The summed E-state index contributed by atoms with van der Waals surface area (Å²) in [7, 11) is 1.84. The molecule has 108 valence electrons. The van der Waals surface area contributed by atoms with Gasteiger partial charge in [0.05, 0.1) is 11.3 Å². The summed E-state index contributed by atoms with van der Waals surface area (Å²) in [4.78, 5) is 2.40. The molecule has 19 heavy (non-hydrogen) atoms. The smallest absolute Gasteiger partial charge is 0.130 e. The number of rotatable bonds is 3. The van der Waals surface area contributed by atoms with Gasteiger partial charge in [0, 0.05) is 25.6 Å². The van der Waals surface area contributed by atoms with Crippen LogP contribution in [0.25, 0.3) is 0 Å². The van der Waals surface area contributed by atoms with Crippen LogP contribution in [0, 0.1) is 6.92 Å². The molecule has 2 heterocycles. The zero-order valence-electron chi connectivity index (χ0n) is 12.1. The van der Waals surface area contributed by atoms with Crippen molar-refractivity contribution in [3.63, 3.8) is 0 Å². The van der Waals surface area contributed by atoms with E-state index in [1.807, 2.05) is 14.0 Å². The number of halogens is 1. The van der Waals surface area contributed by atoms with Crippen LogP contribution < -0.4 is 0 Å². The molecule has 1 aliphatic rings. The van der Waals surface area contributed by atoms with Gasteiger partial charge in [-0.2, -0.15) is 5.10 Å². The molecule has 0 amide bonds. The molecule has 1 unspecified atom stereocenters. The van der Waals surface area contributed by atoms with Crippen LogP contribution in [-0.4, -0.2) is 45.0 Å². The first-order valence-electron chi connectivity index (χ1n) is 7.08. The Hall–Kier alpha value is -0.580. The van der Waals surface area contributed by atoms with Gasteiger partial charge in [0.15, 0.2) is 0 Å². The highest BCUT2D eigenvalue weighted by molar-refractivity contribution is 6.30. The lowest BCUT2D eigenvalue weighted by Crippen LogP contribution is -2.33. The van der Waals surface area contributed by atoms with Crippen LogP contribution in [0.3, 0.4) is 0 Å². The van der Waals surface area contributed by atoms with E-state index in [4.69, 9.17) is 11.6 Å². The van der Waals surface area contributed by atoms with Crippen molar-refractivity contribution in [2.45, 2.75) is 45.1 Å². The molecular weight excluding hydrogens is 262 g/mol. The lowest BCUT2D eigenvalue weighted by Gasteiger charge is -2.27. The molecule has 0 spiro atoms. The van der Waals surface area contributed by atoms with E-state index in [-0.39, 0.29) is 0 Å². The summed E-state index contributed by atoms with van der Waals surface area (Å²) in [5, 5.41) is 15.8. The molecular formula is C14H24ClN3O. The SMILES string of the molecule is CCN1CCCC(O)(Cc2c(C)nn(C)c2Cl)CC1. The molecule has 0 saturated carbocycles. The molecule has 1 aromatic heterocycles. The van der Waals surface area contributed by atoms with Crippen LogP contribution in [0.2, 0.25) is 5.15 Å². The fourth-order valence-corrected chi connectivity index (χ4v) is 3.17. The van der Waals surface area contributed by atoms with Gasteiger partial charge in [-0.15, -0.1) is 0 Å². The maximum atomic E-state index is 10.9. The van der Waals surface area contributed by atoms with Gasteiger partial charge in [-0.05, 0) is 39.3 Å². The largest absolute Gasteiger partial charge is 0.389 e. The Kier molecular flexibility index (Phi) is 4.54. The van der Waals surface area contributed by atoms with Crippen LogP contribution in [-0.2, 0) is 13.5 Å². The Morgan fingerprint density at radius 2 is 2.11 bits per heavy atom. The number of aryl methyl sites for hydroxylation is 2. The van der Waals surface area contributed by atoms with E-state index in [1.165, 1.54) is 0 Å². The van der Waals surface area contributed by atoms with Gasteiger partial charge in [0.25, 0.3) is 0 Å². The van der Waals surface area contributed by atoms with Gasteiger partial charge in [0.1, 0.15) is 5.15 Å². The number of hydrogen-bond donors (Lipinski definition) is 1. The lowest BCUT2D eigenvalue weighted by atomic mass is 9.88. The maximum absolute atomic E-state index is 10.9. The summed E-state index contributed by atoms with van der Waals surface area (Å²) in [6.07, 6.45) is 3.31. The van der Waals surface area contributed by atoms with E-state index < -0.39 is 5.60 Å². The predicted molar refractivity (Wildman–Crippen MR) is 77.6 cm³/mol. The lowest BCUT2D eigenvalue weighted by molar-refractivity contribution is 0.0257. The minimum atomic E-state index is -0.638. The van der Waals surface area contributed by atoms with Gasteiger partial charge >= 0.3 is 0 Å². The van der Waals surface area contributed by atoms with E-state index in [2.05, 4.69) is 16.9 Å². The van der Waals surface area contributed by atoms with Crippen LogP contribution in [0.1, 0.15) is 37.4 Å². The average molecular weight is 286 g/mol. The van der Waals surface area contributed by atoms with Gasteiger partial charge in [-0.3, -0.25) is 4.68 Å². The van der Waals surface area contributed by atoms with Crippen molar-refractivity contribution < 1.29 is 5.11 Å². The second kappa shape index (κ2) is 5.81. The third-order valence-electron chi connectivity index (χ3n) is 4.23. The Bertz CT molecular complexity index is 446.